The summed E-state index contributed by atoms with van der Waals surface area (Å²) in [5.41, 5.74) is 0.819. The zero-order valence-electron chi connectivity index (χ0n) is 11.8. The highest BCUT2D eigenvalue weighted by Gasteiger charge is 2.42. The molecular formula is C14H19NO4S2. The summed E-state index contributed by atoms with van der Waals surface area (Å²) < 4.78 is 27.1. The molecule has 116 valence electrons. The lowest BCUT2D eigenvalue weighted by molar-refractivity contribution is -0.136. The van der Waals surface area contributed by atoms with Crippen LogP contribution in [-0.2, 0) is 21.2 Å². The first-order valence-corrected chi connectivity index (χ1v) is 9.43. The zero-order valence-corrected chi connectivity index (χ0v) is 13.5. The third-order valence-electron chi connectivity index (χ3n) is 3.69. The largest absolute Gasteiger partial charge is 0.481 e. The van der Waals surface area contributed by atoms with Crippen LogP contribution in [0.2, 0.25) is 0 Å². The van der Waals surface area contributed by atoms with Crippen molar-refractivity contribution in [1.82, 2.24) is 4.72 Å². The van der Waals surface area contributed by atoms with Crippen LogP contribution in [0.4, 0.5) is 0 Å². The van der Waals surface area contributed by atoms with E-state index in [0.29, 0.717) is 13.0 Å². The number of benzene rings is 1. The van der Waals surface area contributed by atoms with Crippen molar-refractivity contribution in [2.75, 3.05) is 12.8 Å². The van der Waals surface area contributed by atoms with Crippen molar-refractivity contribution in [2.45, 2.75) is 35.3 Å². The first-order valence-electron chi connectivity index (χ1n) is 6.72. The van der Waals surface area contributed by atoms with E-state index in [4.69, 9.17) is 5.11 Å². The minimum atomic E-state index is -3.49. The van der Waals surface area contributed by atoms with Crippen LogP contribution in [0, 0.1) is 0 Å². The lowest BCUT2D eigenvalue weighted by Crippen LogP contribution is -2.31. The lowest BCUT2D eigenvalue weighted by Gasteiger charge is -2.13. The molecule has 1 aromatic rings. The maximum atomic E-state index is 12.2. The third-order valence-corrected chi connectivity index (χ3v) is 6.52. The molecule has 0 saturated heterocycles. The Labute approximate surface area is 129 Å². The number of rotatable bonds is 8. The minimum Gasteiger partial charge on any atom is -0.481 e. The monoisotopic (exact) mass is 329 g/mol. The molecule has 21 heavy (non-hydrogen) atoms. The first-order chi connectivity index (χ1) is 9.87. The van der Waals surface area contributed by atoms with Gasteiger partial charge in [-0.15, -0.1) is 0 Å². The molecule has 1 aliphatic rings. The number of thioether (sulfide) groups is 1. The van der Waals surface area contributed by atoms with Gasteiger partial charge in [-0.1, -0.05) is 12.1 Å². The van der Waals surface area contributed by atoms with Gasteiger partial charge in [0.25, 0.3) is 0 Å². The standard InChI is InChI=1S/C14H19NO4S2/c1-20-14(8-9-14)10-15-21(18,19)12-5-2-11(3-6-12)4-7-13(16)17/h2-3,5-6,15H,4,7-10H2,1H3,(H,16,17). The summed E-state index contributed by atoms with van der Waals surface area (Å²) in [4.78, 5) is 10.7. The molecule has 0 amide bonds. The Morgan fingerprint density at radius 1 is 1.33 bits per heavy atom. The molecule has 0 spiro atoms. The van der Waals surface area contributed by atoms with Crippen molar-refractivity contribution in [1.29, 1.82) is 0 Å². The van der Waals surface area contributed by atoms with E-state index in [1.165, 1.54) is 12.1 Å². The molecule has 0 bridgehead atoms. The number of hydrogen-bond donors (Lipinski definition) is 2. The van der Waals surface area contributed by atoms with Crippen LogP contribution in [0.3, 0.4) is 0 Å². The molecule has 0 radical (unpaired) electrons. The minimum absolute atomic E-state index is 0.0423. The van der Waals surface area contributed by atoms with Crippen LogP contribution in [-0.4, -0.2) is 37.0 Å². The molecule has 1 aliphatic carbocycles. The molecule has 1 aromatic carbocycles. The van der Waals surface area contributed by atoms with Crippen LogP contribution < -0.4 is 4.72 Å². The predicted octanol–water partition coefficient (Wildman–Crippen LogP) is 1.88. The van der Waals surface area contributed by atoms with Gasteiger partial charge in [-0.2, -0.15) is 11.8 Å². The molecule has 0 atom stereocenters. The molecule has 2 rings (SSSR count). The molecular weight excluding hydrogens is 310 g/mol. The predicted molar refractivity (Wildman–Crippen MR) is 83.1 cm³/mol. The quantitative estimate of drug-likeness (QED) is 0.761. The maximum Gasteiger partial charge on any atom is 0.303 e. The molecule has 0 aliphatic heterocycles. The highest BCUT2D eigenvalue weighted by atomic mass is 32.2. The molecule has 0 unspecified atom stereocenters. The summed E-state index contributed by atoms with van der Waals surface area (Å²) in [6.07, 6.45) is 4.54. The zero-order chi connectivity index (χ0) is 15.5. The van der Waals surface area contributed by atoms with E-state index in [1.807, 2.05) is 6.26 Å². The Morgan fingerprint density at radius 3 is 2.43 bits per heavy atom. The van der Waals surface area contributed by atoms with Crippen molar-refractivity contribution in [3.63, 3.8) is 0 Å². The van der Waals surface area contributed by atoms with Gasteiger partial charge in [0, 0.05) is 17.7 Å². The highest BCUT2D eigenvalue weighted by Crippen LogP contribution is 2.46. The highest BCUT2D eigenvalue weighted by molar-refractivity contribution is 8.00. The van der Waals surface area contributed by atoms with E-state index in [0.717, 1.165) is 18.4 Å². The Hall–Kier alpha value is -1.05. The van der Waals surface area contributed by atoms with Gasteiger partial charge in [0.15, 0.2) is 0 Å². The van der Waals surface area contributed by atoms with Crippen LogP contribution >= 0.6 is 11.8 Å². The fourth-order valence-corrected chi connectivity index (χ4v) is 3.93. The Morgan fingerprint density at radius 2 is 1.95 bits per heavy atom. The number of hydrogen-bond acceptors (Lipinski definition) is 4. The molecule has 5 nitrogen and oxygen atoms in total. The topological polar surface area (TPSA) is 83.5 Å². The van der Waals surface area contributed by atoms with Gasteiger partial charge in [0.2, 0.25) is 10.0 Å². The van der Waals surface area contributed by atoms with Gasteiger partial charge < -0.3 is 5.11 Å². The van der Waals surface area contributed by atoms with Crippen LogP contribution in [0.1, 0.15) is 24.8 Å². The van der Waals surface area contributed by atoms with Gasteiger partial charge >= 0.3 is 5.97 Å². The van der Waals surface area contributed by atoms with E-state index < -0.39 is 16.0 Å². The molecule has 2 N–H and O–H groups in total. The average Bonchev–Trinajstić information content (AvgIpc) is 3.24. The van der Waals surface area contributed by atoms with E-state index in [9.17, 15) is 13.2 Å². The van der Waals surface area contributed by atoms with Crippen LogP contribution in [0.25, 0.3) is 0 Å². The van der Waals surface area contributed by atoms with E-state index in [-0.39, 0.29) is 16.1 Å². The molecule has 0 heterocycles. The summed E-state index contributed by atoms with van der Waals surface area (Å²) >= 11 is 1.70. The van der Waals surface area contributed by atoms with E-state index >= 15 is 0 Å². The summed E-state index contributed by atoms with van der Waals surface area (Å²) in [7, 11) is -3.49. The van der Waals surface area contributed by atoms with Gasteiger partial charge in [-0.25, -0.2) is 13.1 Å². The molecule has 0 aromatic heterocycles. The first kappa shape index (κ1) is 16.3. The summed E-state index contributed by atoms with van der Waals surface area (Å²) in [5, 5.41) is 8.63. The fraction of sp³-hybridized carbons (Fsp3) is 0.500. The van der Waals surface area contributed by atoms with E-state index in [2.05, 4.69) is 4.72 Å². The van der Waals surface area contributed by atoms with Gasteiger partial charge in [-0.05, 0) is 43.2 Å². The van der Waals surface area contributed by atoms with Crippen molar-refractivity contribution >= 4 is 27.8 Å². The van der Waals surface area contributed by atoms with Gasteiger partial charge in [0.05, 0.1) is 4.90 Å². The Bertz CT molecular complexity index is 606. The number of nitrogens with one attached hydrogen (secondary N) is 1. The van der Waals surface area contributed by atoms with Crippen LogP contribution in [0.5, 0.6) is 0 Å². The molecule has 1 saturated carbocycles. The summed E-state index contributed by atoms with van der Waals surface area (Å²) in [6.45, 7) is 0.456. The number of sulfonamides is 1. The smallest absolute Gasteiger partial charge is 0.303 e. The van der Waals surface area contributed by atoms with Crippen LogP contribution in [0.15, 0.2) is 29.2 Å². The van der Waals surface area contributed by atoms with Crippen molar-refractivity contribution < 1.29 is 18.3 Å². The average molecular weight is 329 g/mol. The summed E-state index contributed by atoms with van der Waals surface area (Å²) in [5.74, 6) is -0.861. The SMILES string of the molecule is CSC1(CNS(=O)(=O)c2ccc(CCC(=O)O)cc2)CC1. The van der Waals surface area contributed by atoms with Gasteiger partial charge in [0.1, 0.15) is 0 Å². The molecule has 1 fully saturated rings. The normalized spacial score (nSPS) is 16.6. The number of aliphatic carboxylic acids is 1. The Balaban J connectivity index is 1.98. The fourth-order valence-electron chi connectivity index (χ4n) is 1.99. The number of carboxylic acid groups (broad SMARTS) is 1. The van der Waals surface area contributed by atoms with E-state index in [1.54, 1.807) is 23.9 Å². The Kier molecular flexibility index (Phi) is 4.95. The molecule has 7 heteroatoms. The van der Waals surface area contributed by atoms with Crippen molar-refractivity contribution in [2.24, 2.45) is 0 Å². The van der Waals surface area contributed by atoms with Gasteiger partial charge in [-0.3, -0.25) is 4.79 Å². The van der Waals surface area contributed by atoms with Crippen molar-refractivity contribution in [3.05, 3.63) is 29.8 Å². The number of aryl methyl sites for hydroxylation is 1. The number of carboxylic acids is 1. The third kappa shape index (κ3) is 4.46. The second-order valence-corrected chi connectivity index (χ2v) is 8.29. The summed E-state index contributed by atoms with van der Waals surface area (Å²) in [6, 6.07) is 6.38. The maximum absolute atomic E-state index is 12.2. The second-order valence-electron chi connectivity index (χ2n) is 5.25. The second kappa shape index (κ2) is 6.37. The van der Waals surface area contributed by atoms with Crippen molar-refractivity contribution in [3.8, 4) is 0 Å². The lowest BCUT2D eigenvalue weighted by atomic mass is 10.1. The number of carbonyl (C=O) groups is 1.